The van der Waals surface area contributed by atoms with Gasteiger partial charge < -0.3 is 10.2 Å². The lowest BCUT2D eigenvalue weighted by Crippen LogP contribution is -2.46. The minimum Gasteiger partial charge on any atom is -0.480 e. The highest BCUT2D eigenvalue weighted by atomic mass is 16.4. The van der Waals surface area contributed by atoms with E-state index in [-0.39, 0.29) is 18.6 Å². The van der Waals surface area contributed by atoms with E-state index in [4.69, 9.17) is 10.2 Å². The van der Waals surface area contributed by atoms with Crippen LogP contribution in [0.1, 0.15) is 19.8 Å². The van der Waals surface area contributed by atoms with Crippen LogP contribution in [0.4, 0.5) is 0 Å². The summed E-state index contributed by atoms with van der Waals surface area (Å²) in [6.45, 7) is 1.84. The maximum absolute atomic E-state index is 10.9. The molecule has 0 saturated heterocycles. The van der Waals surface area contributed by atoms with E-state index in [0.29, 0.717) is 0 Å². The molecule has 1 fully saturated rings. The zero-order valence-corrected chi connectivity index (χ0v) is 8.10. The predicted molar refractivity (Wildman–Crippen MR) is 48.5 cm³/mol. The van der Waals surface area contributed by atoms with Crippen LogP contribution in [0.3, 0.4) is 0 Å². The van der Waals surface area contributed by atoms with Gasteiger partial charge in [-0.2, -0.15) is 0 Å². The topological polar surface area (TPSA) is 60.8 Å². The molecule has 0 bridgehead atoms. The van der Waals surface area contributed by atoms with Gasteiger partial charge in [-0.1, -0.05) is 0 Å². The summed E-state index contributed by atoms with van der Waals surface area (Å²) in [5.74, 6) is -0.484. The number of aliphatic carboxylic acids is 1. The van der Waals surface area contributed by atoms with Crippen LogP contribution in [0.15, 0.2) is 0 Å². The van der Waals surface area contributed by atoms with Gasteiger partial charge >= 0.3 is 5.97 Å². The van der Waals surface area contributed by atoms with Gasteiger partial charge in [0.1, 0.15) is 6.04 Å². The van der Waals surface area contributed by atoms with Gasteiger partial charge in [0.25, 0.3) is 0 Å². The summed E-state index contributed by atoms with van der Waals surface area (Å²) in [6, 6.07) is -0.496. The van der Waals surface area contributed by atoms with Crippen molar-refractivity contribution in [3.05, 3.63) is 0 Å². The second-order valence-corrected chi connectivity index (χ2v) is 3.82. The predicted octanol–water partition coefficient (Wildman–Crippen LogP) is 0.162. The summed E-state index contributed by atoms with van der Waals surface area (Å²) in [6.07, 6.45) is 2.00. The average Bonchev–Trinajstić information content (AvgIpc) is 2.86. The van der Waals surface area contributed by atoms with Crippen molar-refractivity contribution in [2.45, 2.75) is 31.8 Å². The summed E-state index contributed by atoms with van der Waals surface area (Å²) in [7, 11) is 1.76. The molecule has 2 N–H and O–H groups in total. The van der Waals surface area contributed by atoms with Crippen molar-refractivity contribution >= 4 is 5.97 Å². The van der Waals surface area contributed by atoms with Crippen molar-refractivity contribution in [1.82, 2.24) is 4.90 Å². The van der Waals surface area contributed by atoms with E-state index in [2.05, 4.69) is 0 Å². The molecular weight excluding hydrogens is 170 g/mol. The molecule has 0 aliphatic heterocycles. The number of carboxylic acids is 1. The number of aliphatic hydroxyl groups is 1. The van der Waals surface area contributed by atoms with Gasteiger partial charge in [0.05, 0.1) is 6.61 Å². The third-order valence-electron chi connectivity index (χ3n) is 2.72. The highest BCUT2D eigenvalue weighted by Gasteiger charge is 2.40. The van der Waals surface area contributed by atoms with E-state index in [1.54, 1.807) is 11.9 Å². The van der Waals surface area contributed by atoms with Gasteiger partial charge in [-0.3, -0.25) is 9.69 Å². The van der Waals surface area contributed by atoms with Gasteiger partial charge in [0.2, 0.25) is 0 Å². The molecule has 1 saturated carbocycles. The molecule has 0 aromatic rings. The molecule has 1 aliphatic rings. The molecule has 13 heavy (non-hydrogen) atoms. The van der Waals surface area contributed by atoms with Crippen molar-refractivity contribution in [1.29, 1.82) is 0 Å². The quantitative estimate of drug-likeness (QED) is 0.643. The molecule has 1 aliphatic carbocycles. The van der Waals surface area contributed by atoms with Crippen LogP contribution in [0.2, 0.25) is 0 Å². The SMILES string of the molecule is CC(CO)N(C)C(C(=O)O)C1CC1. The van der Waals surface area contributed by atoms with Crippen LogP contribution in [-0.4, -0.2) is 46.8 Å². The minimum atomic E-state index is -0.773. The molecule has 0 aromatic heterocycles. The first kappa shape index (κ1) is 10.5. The van der Waals surface area contributed by atoms with Gasteiger partial charge in [-0.05, 0) is 32.7 Å². The Labute approximate surface area is 78.2 Å². The van der Waals surface area contributed by atoms with E-state index < -0.39 is 12.0 Å². The lowest BCUT2D eigenvalue weighted by Gasteiger charge is -2.29. The molecule has 2 unspecified atom stereocenters. The summed E-state index contributed by atoms with van der Waals surface area (Å²) in [4.78, 5) is 12.7. The van der Waals surface area contributed by atoms with Crippen molar-refractivity contribution < 1.29 is 15.0 Å². The molecule has 0 radical (unpaired) electrons. The molecule has 76 valence electrons. The third-order valence-corrected chi connectivity index (χ3v) is 2.72. The fourth-order valence-electron chi connectivity index (χ4n) is 1.52. The zero-order chi connectivity index (χ0) is 10.0. The van der Waals surface area contributed by atoms with E-state index in [0.717, 1.165) is 12.8 Å². The zero-order valence-electron chi connectivity index (χ0n) is 8.10. The van der Waals surface area contributed by atoms with Crippen LogP contribution in [0.25, 0.3) is 0 Å². The third kappa shape index (κ3) is 2.42. The first-order chi connectivity index (χ1) is 6.07. The van der Waals surface area contributed by atoms with E-state index in [1.807, 2.05) is 6.92 Å². The largest absolute Gasteiger partial charge is 0.480 e. The number of nitrogens with zero attached hydrogens (tertiary/aromatic N) is 1. The Morgan fingerprint density at radius 1 is 1.62 bits per heavy atom. The van der Waals surface area contributed by atoms with Gasteiger partial charge in [-0.25, -0.2) is 0 Å². The Morgan fingerprint density at radius 2 is 2.15 bits per heavy atom. The highest BCUT2D eigenvalue weighted by molar-refractivity contribution is 5.74. The summed E-state index contributed by atoms with van der Waals surface area (Å²) in [5, 5.41) is 17.9. The van der Waals surface area contributed by atoms with Crippen LogP contribution >= 0.6 is 0 Å². The number of rotatable bonds is 5. The molecule has 0 spiro atoms. The molecule has 0 heterocycles. The smallest absolute Gasteiger partial charge is 0.321 e. The number of aliphatic hydroxyl groups excluding tert-OH is 1. The highest BCUT2D eigenvalue weighted by Crippen LogP contribution is 2.35. The molecule has 0 amide bonds. The second kappa shape index (κ2) is 4.07. The Hall–Kier alpha value is -0.610. The lowest BCUT2D eigenvalue weighted by molar-refractivity contribution is -0.144. The first-order valence-electron chi connectivity index (χ1n) is 4.63. The van der Waals surface area contributed by atoms with E-state index >= 15 is 0 Å². The Morgan fingerprint density at radius 3 is 2.46 bits per heavy atom. The lowest BCUT2D eigenvalue weighted by atomic mass is 10.1. The Balaban J connectivity index is 2.57. The standard InChI is InChI=1S/C9H17NO3/c1-6(5-11)10(2)8(9(12)13)7-3-4-7/h6-8,11H,3-5H2,1-2H3,(H,12,13). The number of carboxylic acid groups (broad SMARTS) is 1. The average molecular weight is 187 g/mol. The monoisotopic (exact) mass is 187 g/mol. The van der Waals surface area contributed by atoms with Gasteiger partial charge in [0, 0.05) is 6.04 Å². The fraction of sp³-hybridized carbons (Fsp3) is 0.889. The first-order valence-corrected chi connectivity index (χ1v) is 4.63. The summed E-state index contributed by atoms with van der Waals surface area (Å²) in [5.41, 5.74) is 0. The van der Waals surface area contributed by atoms with Gasteiger partial charge in [0.15, 0.2) is 0 Å². The van der Waals surface area contributed by atoms with Crippen LogP contribution < -0.4 is 0 Å². The molecule has 1 rings (SSSR count). The number of hydrogen-bond donors (Lipinski definition) is 2. The van der Waals surface area contributed by atoms with Crippen molar-refractivity contribution in [2.75, 3.05) is 13.7 Å². The summed E-state index contributed by atoms with van der Waals surface area (Å²) < 4.78 is 0. The van der Waals surface area contributed by atoms with Crippen LogP contribution in [0.5, 0.6) is 0 Å². The molecular formula is C9H17NO3. The maximum atomic E-state index is 10.9. The van der Waals surface area contributed by atoms with E-state index in [1.165, 1.54) is 0 Å². The van der Waals surface area contributed by atoms with Crippen molar-refractivity contribution in [3.8, 4) is 0 Å². The molecule has 4 heteroatoms. The molecule has 4 nitrogen and oxygen atoms in total. The normalized spacial score (nSPS) is 21.5. The Kier molecular flexibility index (Phi) is 3.27. The second-order valence-electron chi connectivity index (χ2n) is 3.82. The molecule has 2 atom stereocenters. The van der Waals surface area contributed by atoms with Crippen molar-refractivity contribution in [2.24, 2.45) is 5.92 Å². The number of carbonyl (C=O) groups is 1. The van der Waals surface area contributed by atoms with Crippen LogP contribution in [-0.2, 0) is 4.79 Å². The fourth-order valence-corrected chi connectivity index (χ4v) is 1.52. The maximum Gasteiger partial charge on any atom is 0.321 e. The number of hydrogen-bond acceptors (Lipinski definition) is 3. The Bertz CT molecular complexity index is 191. The van der Waals surface area contributed by atoms with Crippen LogP contribution in [0, 0.1) is 5.92 Å². The molecule has 0 aromatic carbocycles. The summed E-state index contributed by atoms with van der Waals surface area (Å²) >= 11 is 0. The van der Waals surface area contributed by atoms with Crippen molar-refractivity contribution in [3.63, 3.8) is 0 Å². The van der Waals surface area contributed by atoms with E-state index in [9.17, 15) is 4.79 Å². The minimum absolute atomic E-state index is 0.00694. The van der Waals surface area contributed by atoms with Gasteiger partial charge in [-0.15, -0.1) is 0 Å². The number of likely N-dealkylation sites (N-methyl/N-ethyl adjacent to an activating group) is 1.